The zero-order chi connectivity index (χ0) is 15.7. The summed E-state index contributed by atoms with van der Waals surface area (Å²) in [5.74, 6) is 1.38. The maximum atomic E-state index is 11.8. The van der Waals surface area contributed by atoms with Gasteiger partial charge in [-0.25, -0.2) is 0 Å². The van der Waals surface area contributed by atoms with Gasteiger partial charge in [0, 0.05) is 18.2 Å². The first-order valence-corrected chi connectivity index (χ1v) is 7.40. The molecule has 0 aliphatic carbocycles. The van der Waals surface area contributed by atoms with Crippen molar-refractivity contribution in [2.45, 2.75) is 39.8 Å². The van der Waals surface area contributed by atoms with Gasteiger partial charge in [0.2, 0.25) is 0 Å². The van der Waals surface area contributed by atoms with Crippen LogP contribution >= 0.6 is 0 Å². The molecule has 1 aromatic carbocycles. The fourth-order valence-electron chi connectivity index (χ4n) is 1.78. The number of rotatable bonds is 9. The molecular weight excluding hydrogens is 268 g/mol. The first-order chi connectivity index (χ1) is 10.1. The van der Waals surface area contributed by atoms with Crippen LogP contribution in [-0.4, -0.2) is 32.2 Å². The largest absolute Gasteiger partial charge is 0.497 e. The molecule has 0 fully saturated rings. The van der Waals surface area contributed by atoms with Crippen molar-refractivity contribution < 1.29 is 14.3 Å². The summed E-state index contributed by atoms with van der Waals surface area (Å²) in [5.41, 5.74) is 0.979. The summed E-state index contributed by atoms with van der Waals surface area (Å²) >= 11 is 0. The molecule has 2 N–H and O–H groups in total. The van der Waals surface area contributed by atoms with Gasteiger partial charge in [-0.3, -0.25) is 4.79 Å². The highest BCUT2D eigenvalue weighted by Crippen LogP contribution is 2.24. The molecule has 0 bridgehead atoms. The van der Waals surface area contributed by atoms with E-state index in [-0.39, 0.29) is 18.6 Å². The van der Waals surface area contributed by atoms with Crippen LogP contribution in [0.1, 0.15) is 32.8 Å². The van der Waals surface area contributed by atoms with E-state index >= 15 is 0 Å². The van der Waals surface area contributed by atoms with Crippen molar-refractivity contribution in [1.29, 1.82) is 0 Å². The van der Waals surface area contributed by atoms with E-state index in [1.165, 1.54) is 0 Å². The quantitative estimate of drug-likeness (QED) is 0.732. The lowest BCUT2D eigenvalue weighted by Gasteiger charge is -2.15. The van der Waals surface area contributed by atoms with Crippen molar-refractivity contribution in [2.75, 3.05) is 20.3 Å². The number of carbonyl (C=O) groups excluding carboxylic acids is 1. The molecule has 1 unspecified atom stereocenters. The monoisotopic (exact) mass is 294 g/mol. The molecule has 21 heavy (non-hydrogen) atoms. The summed E-state index contributed by atoms with van der Waals surface area (Å²) in [4.78, 5) is 11.8. The Hall–Kier alpha value is -1.75. The first kappa shape index (κ1) is 17.3. The number of carbonyl (C=O) groups is 1. The molecule has 0 aromatic heterocycles. The molecule has 5 nitrogen and oxygen atoms in total. The molecular formula is C16H26N2O3. The molecule has 1 atom stereocenters. The average molecular weight is 294 g/mol. The topological polar surface area (TPSA) is 59.6 Å². The minimum absolute atomic E-state index is 0.0236. The van der Waals surface area contributed by atoms with E-state index in [0.29, 0.717) is 12.3 Å². The highest BCUT2D eigenvalue weighted by Gasteiger charge is 2.10. The van der Waals surface area contributed by atoms with Crippen molar-refractivity contribution in [1.82, 2.24) is 10.6 Å². The Morgan fingerprint density at radius 2 is 2.10 bits per heavy atom. The number of nitrogens with one attached hydrogen (secondary N) is 2. The van der Waals surface area contributed by atoms with Gasteiger partial charge in [-0.05, 0) is 38.1 Å². The van der Waals surface area contributed by atoms with E-state index in [4.69, 9.17) is 9.47 Å². The summed E-state index contributed by atoms with van der Waals surface area (Å²) < 4.78 is 10.9. The lowest BCUT2D eigenvalue weighted by molar-refractivity contribution is -0.123. The fraction of sp³-hybridized carbons (Fsp3) is 0.562. The Labute approximate surface area is 127 Å². The van der Waals surface area contributed by atoms with E-state index < -0.39 is 0 Å². The van der Waals surface area contributed by atoms with Crippen molar-refractivity contribution in [3.05, 3.63) is 23.8 Å². The number of hydrogen-bond acceptors (Lipinski definition) is 4. The van der Waals surface area contributed by atoms with Gasteiger partial charge in [-0.15, -0.1) is 0 Å². The number of amides is 1. The number of hydrogen-bond donors (Lipinski definition) is 2. The van der Waals surface area contributed by atoms with Gasteiger partial charge in [0.05, 0.1) is 7.11 Å². The molecule has 1 rings (SSSR count). The second-order valence-electron chi connectivity index (χ2n) is 4.92. The minimum Gasteiger partial charge on any atom is -0.497 e. The standard InChI is InChI=1S/C16H26N2O3/c1-5-12(3)18-16(19)11-21-15-8-7-14(20-4)9-13(15)10-17-6-2/h7-9,12,17H,5-6,10-11H2,1-4H3,(H,18,19). The SMILES string of the molecule is CCNCc1cc(OC)ccc1OCC(=O)NC(C)CC. The second-order valence-corrected chi connectivity index (χ2v) is 4.92. The summed E-state index contributed by atoms with van der Waals surface area (Å²) in [6.45, 7) is 7.61. The van der Waals surface area contributed by atoms with Crippen molar-refractivity contribution in [2.24, 2.45) is 0 Å². The third-order valence-electron chi connectivity index (χ3n) is 3.21. The number of ether oxygens (including phenoxy) is 2. The number of methoxy groups -OCH3 is 1. The van der Waals surface area contributed by atoms with Crippen LogP contribution in [-0.2, 0) is 11.3 Å². The van der Waals surface area contributed by atoms with Gasteiger partial charge in [0.15, 0.2) is 6.61 Å². The molecule has 1 aromatic rings. The molecule has 0 heterocycles. The van der Waals surface area contributed by atoms with Crippen LogP contribution in [0.3, 0.4) is 0 Å². The third-order valence-corrected chi connectivity index (χ3v) is 3.21. The molecule has 1 amide bonds. The molecule has 0 aliphatic heterocycles. The van der Waals surface area contributed by atoms with Crippen LogP contribution in [0.5, 0.6) is 11.5 Å². The van der Waals surface area contributed by atoms with Gasteiger partial charge < -0.3 is 20.1 Å². The van der Waals surface area contributed by atoms with Gasteiger partial charge >= 0.3 is 0 Å². The Bertz CT molecular complexity index is 449. The first-order valence-electron chi connectivity index (χ1n) is 7.40. The Balaban J connectivity index is 2.66. The van der Waals surface area contributed by atoms with Crippen LogP contribution in [0.15, 0.2) is 18.2 Å². The summed E-state index contributed by atoms with van der Waals surface area (Å²) in [6.07, 6.45) is 0.903. The lowest BCUT2D eigenvalue weighted by atomic mass is 10.2. The van der Waals surface area contributed by atoms with Crippen molar-refractivity contribution >= 4 is 5.91 Å². The predicted octanol–water partition coefficient (Wildman–Crippen LogP) is 2.10. The summed E-state index contributed by atoms with van der Waals surface area (Å²) in [6, 6.07) is 5.75. The van der Waals surface area contributed by atoms with Gasteiger partial charge in [-0.1, -0.05) is 13.8 Å². The Morgan fingerprint density at radius 1 is 1.33 bits per heavy atom. The van der Waals surface area contributed by atoms with E-state index in [2.05, 4.69) is 10.6 Å². The second kappa shape index (κ2) is 9.23. The minimum atomic E-state index is -0.102. The van der Waals surface area contributed by atoms with E-state index in [1.807, 2.05) is 39.0 Å². The van der Waals surface area contributed by atoms with Crippen LogP contribution < -0.4 is 20.1 Å². The highest BCUT2D eigenvalue weighted by atomic mass is 16.5. The van der Waals surface area contributed by atoms with Crippen LogP contribution in [0.4, 0.5) is 0 Å². The molecule has 0 spiro atoms. The summed E-state index contributed by atoms with van der Waals surface area (Å²) in [5, 5.41) is 6.13. The molecule has 118 valence electrons. The molecule has 0 saturated carbocycles. The van der Waals surface area contributed by atoms with Gasteiger partial charge in [0.1, 0.15) is 11.5 Å². The maximum Gasteiger partial charge on any atom is 0.258 e. The van der Waals surface area contributed by atoms with Crippen molar-refractivity contribution in [3.63, 3.8) is 0 Å². The van der Waals surface area contributed by atoms with Crippen LogP contribution in [0, 0.1) is 0 Å². The van der Waals surface area contributed by atoms with Gasteiger partial charge in [-0.2, -0.15) is 0 Å². The van der Waals surface area contributed by atoms with E-state index in [0.717, 1.165) is 24.3 Å². The Kier molecular flexibility index (Phi) is 7.61. The zero-order valence-electron chi connectivity index (χ0n) is 13.4. The lowest BCUT2D eigenvalue weighted by Crippen LogP contribution is -2.35. The fourth-order valence-corrected chi connectivity index (χ4v) is 1.78. The molecule has 0 aliphatic rings. The summed E-state index contributed by atoms with van der Waals surface area (Å²) in [7, 11) is 1.63. The molecule has 0 radical (unpaired) electrons. The number of benzene rings is 1. The maximum absolute atomic E-state index is 11.8. The van der Waals surface area contributed by atoms with E-state index in [1.54, 1.807) is 7.11 Å². The van der Waals surface area contributed by atoms with Gasteiger partial charge in [0.25, 0.3) is 5.91 Å². The predicted molar refractivity (Wildman–Crippen MR) is 83.8 cm³/mol. The Morgan fingerprint density at radius 3 is 2.71 bits per heavy atom. The van der Waals surface area contributed by atoms with Crippen LogP contribution in [0.2, 0.25) is 0 Å². The van der Waals surface area contributed by atoms with Crippen LogP contribution in [0.25, 0.3) is 0 Å². The normalized spacial score (nSPS) is 11.8. The highest BCUT2D eigenvalue weighted by molar-refractivity contribution is 5.77. The smallest absolute Gasteiger partial charge is 0.258 e. The third kappa shape index (κ3) is 6.04. The zero-order valence-corrected chi connectivity index (χ0v) is 13.4. The molecule has 0 saturated heterocycles. The van der Waals surface area contributed by atoms with E-state index in [9.17, 15) is 4.79 Å². The molecule has 5 heteroatoms. The average Bonchev–Trinajstić information content (AvgIpc) is 2.50. The van der Waals surface area contributed by atoms with Crippen molar-refractivity contribution in [3.8, 4) is 11.5 Å².